The SMILES string of the molecule is Cc1cc(Cl)c(S(=O)(=O)Cl)c(Cl)c1. The Bertz CT molecular complexity index is 416. The van der Waals surface area contributed by atoms with Crippen molar-refractivity contribution >= 4 is 42.9 Å². The largest absolute Gasteiger partial charge is 0.264 e. The van der Waals surface area contributed by atoms with E-state index in [4.69, 9.17) is 33.9 Å². The number of hydrogen-bond donors (Lipinski definition) is 0. The fourth-order valence-electron chi connectivity index (χ4n) is 0.920. The van der Waals surface area contributed by atoms with Gasteiger partial charge in [0.15, 0.2) is 0 Å². The molecule has 72 valence electrons. The van der Waals surface area contributed by atoms with Crippen molar-refractivity contribution in [2.45, 2.75) is 11.8 Å². The van der Waals surface area contributed by atoms with E-state index >= 15 is 0 Å². The number of benzene rings is 1. The smallest absolute Gasteiger partial charge is 0.207 e. The first kappa shape index (κ1) is 11.1. The lowest BCUT2D eigenvalue weighted by Gasteiger charge is -2.03. The normalized spacial score (nSPS) is 11.7. The maximum absolute atomic E-state index is 11.0. The van der Waals surface area contributed by atoms with Crippen molar-refractivity contribution in [1.82, 2.24) is 0 Å². The Kier molecular flexibility index (Phi) is 3.12. The zero-order valence-corrected chi connectivity index (χ0v) is 9.60. The minimum Gasteiger partial charge on any atom is -0.207 e. The van der Waals surface area contributed by atoms with Gasteiger partial charge < -0.3 is 0 Å². The second kappa shape index (κ2) is 3.65. The average molecular weight is 260 g/mol. The van der Waals surface area contributed by atoms with E-state index in [0.717, 1.165) is 5.56 Å². The molecule has 0 saturated heterocycles. The quantitative estimate of drug-likeness (QED) is 0.726. The highest BCUT2D eigenvalue weighted by Gasteiger charge is 2.19. The number of rotatable bonds is 1. The molecular weight excluding hydrogens is 255 g/mol. The lowest BCUT2D eigenvalue weighted by atomic mass is 10.2. The zero-order chi connectivity index (χ0) is 10.2. The molecule has 0 spiro atoms. The van der Waals surface area contributed by atoms with E-state index in [-0.39, 0.29) is 14.9 Å². The molecule has 0 heterocycles. The van der Waals surface area contributed by atoms with E-state index < -0.39 is 9.05 Å². The maximum atomic E-state index is 11.0. The molecule has 1 aromatic rings. The highest BCUT2D eigenvalue weighted by atomic mass is 35.7. The van der Waals surface area contributed by atoms with Crippen LogP contribution in [0.3, 0.4) is 0 Å². The van der Waals surface area contributed by atoms with Gasteiger partial charge in [-0.25, -0.2) is 8.42 Å². The third kappa shape index (κ3) is 2.50. The first-order valence-corrected chi connectivity index (χ1v) is 6.29. The van der Waals surface area contributed by atoms with E-state index in [0.29, 0.717) is 0 Å². The van der Waals surface area contributed by atoms with Crippen molar-refractivity contribution in [3.63, 3.8) is 0 Å². The van der Waals surface area contributed by atoms with Gasteiger partial charge in [-0.15, -0.1) is 0 Å². The molecule has 0 aromatic heterocycles. The van der Waals surface area contributed by atoms with Crippen LogP contribution in [0.5, 0.6) is 0 Å². The van der Waals surface area contributed by atoms with Crippen LogP contribution < -0.4 is 0 Å². The molecule has 0 aliphatic heterocycles. The van der Waals surface area contributed by atoms with E-state index in [1.54, 1.807) is 6.92 Å². The topological polar surface area (TPSA) is 34.1 Å². The van der Waals surface area contributed by atoms with Gasteiger partial charge in [-0.05, 0) is 24.6 Å². The van der Waals surface area contributed by atoms with Crippen molar-refractivity contribution in [3.8, 4) is 0 Å². The molecule has 13 heavy (non-hydrogen) atoms. The summed E-state index contributed by atoms with van der Waals surface area (Å²) in [6, 6.07) is 2.98. The summed E-state index contributed by atoms with van der Waals surface area (Å²) < 4.78 is 22.0. The summed E-state index contributed by atoms with van der Waals surface area (Å²) in [7, 11) is 1.25. The van der Waals surface area contributed by atoms with Crippen LogP contribution in [-0.4, -0.2) is 8.42 Å². The Balaban J connectivity index is 3.57. The molecule has 0 aliphatic rings. The molecule has 1 aromatic carbocycles. The van der Waals surface area contributed by atoms with Crippen LogP contribution in [0.15, 0.2) is 17.0 Å². The third-order valence-corrected chi connectivity index (χ3v) is 3.60. The van der Waals surface area contributed by atoms with Gasteiger partial charge in [0, 0.05) is 10.7 Å². The van der Waals surface area contributed by atoms with Crippen LogP contribution in [-0.2, 0) is 9.05 Å². The Morgan fingerprint density at radius 3 is 1.85 bits per heavy atom. The van der Waals surface area contributed by atoms with Crippen molar-refractivity contribution in [2.75, 3.05) is 0 Å². The van der Waals surface area contributed by atoms with Gasteiger partial charge in [0.25, 0.3) is 9.05 Å². The van der Waals surface area contributed by atoms with Gasteiger partial charge >= 0.3 is 0 Å². The lowest BCUT2D eigenvalue weighted by Crippen LogP contribution is -1.94. The first-order valence-electron chi connectivity index (χ1n) is 3.22. The second-order valence-electron chi connectivity index (χ2n) is 2.50. The van der Waals surface area contributed by atoms with Gasteiger partial charge in [0.05, 0.1) is 10.0 Å². The van der Waals surface area contributed by atoms with Gasteiger partial charge in [-0.2, -0.15) is 0 Å². The summed E-state index contributed by atoms with van der Waals surface area (Å²) in [6.07, 6.45) is 0. The molecule has 0 unspecified atom stereocenters. The summed E-state index contributed by atoms with van der Waals surface area (Å²) in [5.41, 5.74) is 0.777. The van der Waals surface area contributed by atoms with Gasteiger partial charge in [-0.3, -0.25) is 0 Å². The minimum absolute atomic E-state index is 0.0417. The summed E-state index contributed by atoms with van der Waals surface area (Å²) in [6.45, 7) is 1.75. The number of halogens is 3. The number of hydrogen-bond acceptors (Lipinski definition) is 2. The molecule has 0 atom stereocenters. The summed E-state index contributed by atoms with van der Waals surface area (Å²) >= 11 is 11.3. The summed E-state index contributed by atoms with van der Waals surface area (Å²) in [4.78, 5) is -0.233. The number of aryl methyl sites for hydroxylation is 1. The lowest BCUT2D eigenvalue weighted by molar-refractivity contribution is 0.609. The molecular formula is C7H5Cl3O2S. The molecule has 1 rings (SSSR count). The van der Waals surface area contributed by atoms with Crippen LogP contribution in [0.2, 0.25) is 10.0 Å². The van der Waals surface area contributed by atoms with Crippen LogP contribution >= 0.6 is 33.9 Å². The standard InChI is InChI=1S/C7H5Cl3O2S/c1-4-2-5(8)7(6(9)3-4)13(10,11)12/h2-3H,1H3. The molecule has 0 fully saturated rings. The van der Waals surface area contributed by atoms with Crippen LogP contribution in [0.25, 0.3) is 0 Å². The Labute approximate surface area is 90.8 Å². The highest BCUT2D eigenvalue weighted by Crippen LogP contribution is 2.32. The van der Waals surface area contributed by atoms with Gasteiger partial charge in [0.2, 0.25) is 0 Å². The van der Waals surface area contributed by atoms with Crippen molar-refractivity contribution in [2.24, 2.45) is 0 Å². The predicted octanol–water partition coefficient (Wildman–Crippen LogP) is 3.23. The summed E-state index contributed by atoms with van der Waals surface area (Å²) in [5, 5.41) is 0.0833. The average Bonchev–Trinajstić information content (AvgIpc) is 1.78. The molecule has 0 aliphatic carbocycles. The Morgan fingerprint density at radius 2 is 1.54 bits per heavy atom. The second-order valence-corrected chi connectivity index (χ2v) is 5.81. The van der Waals surface area contributed by atoms with Crippen molar-refractivity contribution in [3.05, 3.63) is 27.7 Å². The minimum atomic E-state index is -3.87. The fraction of sp³-hybridized carbons (Fsp3) is 0.143. The van der Waals surface area contributed by atoms with Crippen LogP contribution in [0, 0.1) is 6.92 Å². The van der Waals surface area contributed by atoms with Gasteiger partial charge in [-0.1, -0.05) is 23.2 Å². The highest BCUT2D eigenvalue weighted by molar-refractivity contribution is 8.14. The summed E-state index contributed by atoms with van der Waals surface area (Å²) in [5.74, 6) is 0. The molecule has 0 radical (unpaired) electrons. The van der Waals surface area contributed by atoms with E-state index in [1.807, 2.05) is 0 Å². The monoisotopic (exact) mass is 258 g/mol. The van der Waals surface area contributed by atoms with E-state index in [9.17, 15) is 8.42 Å². The van der Waals surface area contributed by atoms with Crippen LogP contribution in [0.1, 0.15) is 5.56 Å². The molecule has 0 amide bonds. The van der Waals surface area contributed by atoms with Gasteiger partial charge in [0.1, 0.15) is 4.90 Å². The zero-order valence-electron chi connectivity index (χ0n) is 6.51. The molecule has 0 saturated carbocycles. The first-order chi connectivity index (χ1) is 5.82. The molecule has 2 nitrogen and oxygen atoms in total. The molecule has 0 bridgehead atoms. The van der Waals surface area contributed by atoms with Crippen LogP contribution in [0.4, 0.5) is 0 Å². The maximum Gasteiger partial charge on any atom is 0.264 e. The molecule has 6 heteroatoms. The van der Waals surface area contributed by atoms with E-state index in [1.165, 1.54) is 12.1 Å². The van der Waals surface area contributed by atoms with Crippen molar-refractivity contribution < 1.29 is 8.42 Å². The molecule has 0 N–H and O–H groups in total. The predicted molar refractivity (Wildman–Crippen MR) is 54.2 cm³/mol. The fourth-order valence-corrected chi connectivity index (χ4v) is 3.44. The van der Waals surface area contributed by atoms with E-state index in [2.05, 4.69) is 0 Å². The Hall–Kier alpha value is 0.0400. The Morgan fingerprint density at radius 1 is 1.15 bits per heavy atom. The van der Waals surface area contributed by atoms with Crippen molar-refractivity contribution in [1.29, 1.82) is 0 Å². The third-order valence-electron chi connectivity index (χ3n) is 1.39.